The molecular weight excluding hydrogens is 352 g/mol. The van der Waals surface area contributed by atoms with E-state index >= 15 is 0 Å². The molecule has 1 heterocycles. The van der Waals surface area contributed by atoms with Gasteiger partial charge in [-0.15, -0.1) is 0 Å². The van der Waals surface area contributed by atoms with Gasteiger partial charge in [0.15, 0.2) is 6.61 Å². The van der Waals surface area contributed by atoms with E-state index in [1.54, 1.807) is 4.90 Å². The second kappa shape index (κ2) is 8.15. The van der Waals surface area contributed by atoms with Crippen molar-refractivity contribution in [3.63, 3.8) is 0 Å². The maximum atomic E-state index is 12.6. The lowest BCUT2D eigenvalue weighted by Crippen LogP contribution is -2.49. The zero-order chi connectivity index (χ0) is 19.4. The summed E-state index contributed by atoms with van der Waals surface area (Å²) >= 11 is 0. The van der Waals surface area contributed by atoms with Crippen molar-refractivity contribution < 1.29 is 14.3 Å². The average Bonchev–Trinajstić information content (AvgIpc) is 3.56. The number of carbonyl (C=O) groups excluding carboxylic acids is 2. The van der Waals surface area contributed by atoms with E-state index in [0.717, 1.165) is 38.0 Å². The molecular formula is C23H26N2O3. The van der Waals surface area contributed by atoms with Crippen LogP contribution in [0.25, 0.3) is 0 Å². The van der Waals surface area contributed by atoms with Gasteiger partial charge in [-0.1, -0.05) is 60.7 Å². The molecule has 1 amide bonds. The summed E-state index contributed by atoms with van der Waals surface area (Å²) in [4.78, 5) is 29.2. The number of piperazine rings is 1. The van der Waals surface area contributed by atoms with Crippen molar-refractivity contribution in [1.29, 1.82) is 0 Å². The van der Waals surface area contributed by atoms with Crippen molar-refractivity contribution in [2.75, 3.05) is 32.8 Å². The van der Waals surface area contributed by atoms with Gasteiger partial charge in [0, 0.05) is 32.7 Å². The quantitative estimate of drug-likeness (QED) is 0.725. The van der Waals surface area contributed by atoms with Crippen molar-refractivity contribution in [2.45, 2.75) is 24.8 Å². The molecule has 4 rings (SSSR count). The predicted octanol–water partition coefficient (Wildman–Crippen LogP) is 2.61. The molecule has 5 heteroatoms. The number of esters is 1. The lowest BCUT2D eigenvalue weighted by atomic mass is 9.96. The number of amides is 1. The maximum absolute atomic E-state index is 12.6. The third-order valence-electron chi connectivity index (χ3n) is 5.77. The van der Waals surface area contributed by atoms with E-state index in [1.165, 1.54) is 5.56 Å². The van der Waals surface area contributed by atoms with Gasteiger partial charge in [0.1, 0.15) is 0 Å². The molecule has 2 aromatic carbocycles. The monoisotopic (exact) mass is 378 g/mol. The van der Waals surface area contributed by atoms with Crippen LogP contribution in [0.1, 0.15) is 24.0 Å². The van der Waals surface area contributed by atoms with E-state index in [-0.39, 0.29) is 18.5 Å². The van der Waals surface area contributed by atoms with Crippen molar-refractivity contribution in [1.82, 2.24) is 9.80 Å². The van der Waals surface area contributed by atoms with Crippen LogP contribution in [0, 0.1) is 0 Å². The summed E-state index contributed by atoms with van der Waals surface area (Å²) < 4.78 is 5.42. The van der Waals surface area contributed by atoms with Crippen molar-refractivity contribution in [3.05, 3.63) is 71.8 Å². The summed E-state index contributed by atoms with van der Waals surface area (Å²) in [7, 11) is 0. The Kier molecular flexibility index (Phi) is 5.44. The number of rotatable bonds is 6. The Hall–Kier alpha value is -2.66. The number of nitrogens with zero attached hydrogens (tertiary/aromatic N) is 2. The van der Waals surface area contributed by atoms with Crippen LogP contribution < -0.4 is 0 Å². The Morgan fingerprint density at radius 3 is 2.07 bits per heavy atom. The number of benzene rings is 2. The molecule has 0 spiro atoms. The molecule has 0 unspecified atom stereocenters. The van der Waals surface area contributed by atoms with E-state index < -0.39 is 5.41 Å². The van der Waals surface area contributed by atoms with Crippen molar-refractivity contribution in [3.8, 4) is 0 Å². The third-order valence-corrected chi connectivity index (χ3v) is 5.77. The zero-order valence-electron chi connectivity index (χ0n) is 16.0. The summed E-state index contributed by atoms with van der Waals surface area (Å²) in [5, 5.41) is 0. The van der Waals surface area contributed by atoms with Gasteiger partial charge >= 0.3 is 5.97 Å². The first kappa shape index (κ1) is 18.7. The molecule has 0 aromatic heterocycles. The van der Waals surface area contributed by atoms with Gasteiger partial charge in [-0.3, -0.25) is 14.5 Å². The molecule has 0 bridgehead atoms. The summed E-state index contributed by atoms with van der Waals surface area (Å²) in [5.74, 6) is -0.369. The van der Waals surface area contributed by atoms with Crippen LogP contribution in [0.15, 0.2) is 60.7 Å². The number of carbonyl (C=O) groups is 2. The zero-order valence-corrected chi connectivity index (χ0v) is 16.0. The van der Waals surface area contributed by atoms with Crippen LogP contribution in [-0.4, -0.2) is 54.5 Å². The van der Waals surface area contributed by atoms with Gasteiger partial charge in [0.25, 0.3) is 5.91 Å². The van der Waals surface area contributed by atoms with E-state index in [0.29, 0.717) is 13.1 Å². The first-order chi connectivity index (χ1) is 13.7. The Balaban J connectivity index is 1.23. The lowest BCUT2D eigenvalue weighted by Gasteiger charge is -2.34. The molecule has 146 valence electrons. The third kappa shape index (κ3) is 4.09. The van der Waals surface area contributed by atoms with Crippen LogP contribution in [0.3, 0.4) is 0 Å². The SMILES string of the molecule is O=C(COC(=O)C1(c2ccccc2)CC1)N1CCN(Cc2ccccc2)CC1. The second-order valence-corrected chi connectivity index (χ2v) is 7.67. The minimum Gasteiger partial charge on any atom is -0.455 e. The minimum absolute atomic E-state index is 0.100. The molecule has 28 heavy (non-hydrogen) atoms. The van der Waals surface area contributed by atoms with Crippen molar-refractivity contribution in [2.24, 2.45) is 0 Å². The highest BCUT2D eigenvalue weighted by atomic mass is 16.5. The first-order valence-electron chi connectivity index (χ1n) is 9.94. The maximum Gasteiger partial charge on any atom is 0.317 e. The molecule has 0 atom stereocenters. The first-order valence-corrected chi connectivity index (χ1v) is 9.94. The average molecular weight is 378 g/mol. The van der Waals surface area contributed by atoms with Crippen LogP contribution in [0.5, 0.6) is 0 Å². The standard InChI is InChI=1S/C23H26N2O3/c26-21(18-28-22(27)23(11-12-23)20-9-5-2-6-10-20)25-15-13-24(14-16-25)17-19-7-3-1-4-8-19/h1-10H,11-18H2. The summed E-state index contributed by atoms with van der Waals surface area (Å²) in [6.07, 6.45) is 1.59. The topological polar surface area (TPSA) is 49.9 Å². The highest BCUT2D eigenvalue weighted by molar-refractivity contribution is 5.89. The van der Waals surface area contributed by atoms with Crippen LogP contribution in [0.2, 0.25) is 0 Å². The fourth-order valence-corrected chi connectivity index (χ4v) is 3.85. The van der Waals surface area contributed by atoms with Gasteiger partial charge in [-0.2, -0.15) is 0 Å². The Morgan fingerprint density at radius 1 is 0.857 bits per heavy atom. The molecule has 0 N–H and O–H groups in total. The molecule has 1 aliphatic heterocycles. The van der Waals surface area contributed by atoms with Gasteiger partial charge < -0.3 is 9.64 Å². The van der Waals surface area contributed by atoms with E-state index in [2.05, 4.69) is 17.0 Å². The number of ether oxygens (including phenoxy) is 1. The molecule has 1 aliphatic carbocycles. The molecule has 2 aliphatic rings. The van der Waals surface area contributed by atoms with Crippen LogP contribution in [0.4, 0.5) is 0 Å². The van der Waals surface area contributed by atoms with Crippen LogP contribution in [-0.2, 0) is 26.3 Å². The smallest absolute Gasteiger partial charge is 0.317 e. The second-order valence-electron chi connectivity index (χ2n) is 7.67. The van der Waals surface area contributed by atoms with E-state index in [9.17, 15) is 9.59 Å². The summed E-state index contributed by atoms with van der Waals surface area (Å²) in [6.45, 7) is 3.76. The fraction of sp³-hybridized carbons (Fsp3) is 0.391. The van der Waals surface area contributed by atoms with Gasteiger partial charge in [0.2, 0.25) is 0 Å². The van der Waals surface area contributed by atoms with E-state index in [4.69, 9.17) is 4.74 Å². The van der Waals surface area contributed by atoms with Gasteiger partial charge in [-0.25, -0.2) is 0 Å². The largest absolute Gasteiger partial charge is 0.455 e. The number of hydrogen-bond donors (Lipinski definition) is 0. The predicted molar refractivity (Wildman–Crippen MR) is 107 cm³/mol. The molecule has 0 radical (unpaired) electrons. The highest BCUT2D eigenvalue weighted by Gasteiger charge is 2.52. The summed E-state index contributed by atoms with van der Waals surface area (Å²) in [6, 6.07) is 20.1. The number of hydrogen-bond acceptors (Lipinski definition) is 4. The molecule has 2 aromatic rings. The van der Waals surface area contributed by atoms with Gasteiger partial charge in [0.05, 0.1) is 5.41 Å². The van der Waals surface area contributed by atoms with Gasteiger partial charge in [-0.05, 0) is 24.0 Å². The Labute approximate surface area is 165 Å². The minimum atomic E-state index is -0.532. The highest BCUT2D eigenvalue weighted by Crippen LogP contribution is 2.49. The van der Waals surface area contributed by atoms with Crippen LogP contribution >= 0.6 is 0 Å². The molecule has 2 fully saturated rings. The molecule has 5 nitrogen and oxygen atoms in total. The van der Waals surface area contributed by atoms with E-state index in [1.807, 2.05) is 48.5 Å². The van der Waals surface area contributed by atoms with Crippen molar-refractivity contribution >= 4 is 11.9 Å². The molecule has 1 saturated carbocycles. The summed E-state index contributed by atoms with van der Waals surface area (Å²) in [5.41, 5.74) is 1.74. The Morgan fingerprint density at radius 2 is 1.46 bits per heavy atom. The Bertz CT molecular complexity index is 810. The lowest BCUT2D eigenvalue weighted by molar-refractivity contribution is -0.154. The fourth-order valence-electron chi connectivity index (χ4n) is 3.85. The normalized spacial score (nSPS) is 18.5. The molecule has 1 saturated heterocycles.